The van der Waals surface area contributed by atoms with Gasteiger partial charge in [0.2, 0.25) is 0 Å². The first-order valence-corrected chi connectivity index (χ1v) is 7.78. The van der Waals surface area contributed by atoms with Gasteiger partial charge in [-0.1, -0.05) is 54.1 Å². The van der Waals surface area contributed by atoms with Crippen LogP contribution in [-0.4, -0.2) is 23.1 Å². The Balaban J connectivity index is 1.74. The minimum Gasteiger partial charge on any atom is -0.384 e. The minimum atomic E-state index is -0.766. The molecule has 110 valence electrons. The molecule has 2 aromatic carbocycles. The molecule has 0 saturated carbocycles. The molecule has 0 aromatic heterocycles. The first-order valence-electron chi connectivity index (χ1n) is 7.40. The average Bonchev–Trinajstić information content (AvgIpc) is 2.49. The van der Waals surface area contributed by atoms with Crippen molar-refractivity contribution < 1.29 is 5.11 Å². The summed E-state index contributed by atoms with van der Waals surface area (Å²) in [7, 11) is 0. The molecule has 2 aromatic rings. The van der Waals surface area contributed by atoms with E-state index >= 15 is 0 Å². The summed E-state index contributed by atoms with van der Waals surface area (Å²) in [5.74, 6) is 0. The normalized spacial score (nSPS) is 23.1. The molecule has 3 heteroatoms. The van der Waals surface area contributed by atoms with Gasteiger partial charge in [0.15, 0.2) is 0 Å². The highest BCUT2D eigenvalue weighted by Gasteiger charge is 2.34. The predicted octanol–water partition coefficient (Wildman–Crippen LogP) is 3.82. The Morgan fingerprint density at radius 1 is 1.05 bits per heavy atom. The van der Waals surface area contributed by atoms with E-state index in [2.05, 4.69) is 29.2 Å². The molecule has 21 heavy (non-hydrogen) atoms. The van der Waals surface area contributed by atoms with E-state index in [0.29, 0.717) is 11.6 Å². The largest absolute Gasteiger partial charge is 0.384 e. The average molecular weight is 302 g/mol. The molecule has 1 atom stereocenters. The van der Waals surface area contributed by atoms with Gasteiger partial charge in [0.25, 0.3) is 0 Å². The van der Waals surface area contributed by atoms with Crippen LogP contribution in [0.2, 0.25) is 5.02 Å². The summed E-state index contributed by atoms with van der Waals surface area (Å²) in [6, 6.07) is 18.0. The van der Waals surface area contributed by atoms with Crippen molar-refractivity contribution >= 4 is 11.6 Å². The van der Waals surface area contributed by atoms with Crippen LogP contribution in [-0.2, 0) is 12.1 Å². The van der Waals surface area contributed by atoms with Gasteiger partial charge in [0, 0.05) is 18.1 Å². The third-order valence-corrected chi connectivity index (χ3v) is 4.43. The van der Waals surface area contributed by atoms with Crippen molar-refractivity contribution in [1.82, 2.24) is 4.90 Å². The standard InChI is InChI=1S/C18H20ClNO/c19-17-9-7-16(8-10-17)18(21)11-4-12-20(14-18)13-15-5-2-1-3-6-15/h1-3,5-10,21H,4,11-14H2. The van der Waals surface area contributed by atoms with Crippen molar-refractivity contribution in [3.8, 4) is 0 Å². The first kappa shape index (κ1) is 14.6. The summed E-state index contributed by atoms with van der Waals surface area (Å²) in [6.45, 7) is 2.59. The fourth-order valence-corrected chi connectivity index (χ4v) is 3.22. The first-order chi connectivity index (χ1) is 10.2. The van der Waals surface area contributed by atoms with E-state index < -0.39 is 5.60 Å². The second-order valence-electron chi connectivity index (χ2n) is 5.84. The summed E-state index contributed by atoms with van der Waals surface area (Å²) >= 11 is 5.94. The Morgan fingerprint density at radius 3 is 2.48 bits per heavy atom. The van der Waals surface area contributed by atoms with Crippen molar-refractivity contribution in [3.63, 3.8) is 0 Å². The highest BCUT2D eigenvalue weighted by molar-refractivity contribution is 6.30. The summed E-state index contributed by atoms with van der Waals surface area (Å²) in [5, 5.41) is 11.7. The molecule has 1 aliphatic rings. The number of likely N-dealkylation sites (tertiary alicyclic amines) is 1. The van der Waals surface area contributed by atoms with Gasteiger partial charge in [-0.25, -0.2) is 0 Å². The molecule has 1 unspecified atom stereocenters. The summed E-state index contributed by atoms with van der Waals surface area (Å²) in [5.41, 5.74) is 1.49. The molecular weight excluding hydrogens is 282 g/mol. The number of halogens is 1. The van der Waals surface area contributed by atoms with Gasteiger partial charge in [0.1, 0.15) is 5.60 Å². The van der Waals surface area contributed by atoms with Crippen LogP contribution in [0, 0.1) is 0 Å². The molecule has 1 aliphatic heterocycles. The summed E-state index contributed by atoms with van der Waals surface area (Å²) in [6.07, 6.45) is 1.81. The van der Waals surface area contributed by atoms with Crippen molar-refractivity contribution in [2.75, 3.05) is 13.1 Å². The zero-order chi connectivity index (χ0) is 14.7. The monoisotopic (exact) mass is 301 g/mol. The number of piperidine rings is 1. The van der Waals surface area contributed by atoms with Gasteiger partial charge in [-0.2, -0.15) is 0 Å². The van der Waals surface area contributed by atoms with E-state index in [1.54, 1.807) is 0 Å². The fourth-order valence-electron chi connectivity index (χ4n) is 3.10. The number of benzene rings is 2. The number of aliphatic hydroxyl groups is 1. The Bertz CT molecular complexity index is 584. The second-order valence-corrected chi connectivity index (χ2v) is 6.27. The van der Waals surface area contributed by atoms with E-state index in [-0.39, 0.29) is 0 Å². The van der Waals surface area contributed by atoms with Gasteiger partial charge >= 0.3 is 0 Å². The predicted molar refractivity (Wildman–Crippen MR) is 86.3 cm³/mol. The van der Waals surface area contributed by atoms with E-state index in [1.165, 1.54) is 5.56 Å². The maximum absolute atomic E-state index is 11.0. The van der Waals surface area contributed by atoms with Crippen LogP contribution in [0.4, 0.5) is 0 Å². The van der Waals surface area contributed by atoms with Gasteiger partial charge < -0.3 is 5.11 Å². The molecule has 0 aliphatic carbocycles. The van der Waals surface area contributed by atoms with E-state index in [1.807, 2.05) is 30.3 Å². The number of hydrogen-bond donors (Lipinski definition) is 1. The number of rotatable bonds is 3. The Morgan fingerprint density at radius 2 is 1.76 bits per heavy atom. The van der Waals surface area contributed by atoms with Crippen LogP contribution in [0.3, 0.4) is 0 Å². The van der Waals surface area contributed by atoms with Crippen molar-refractivity contribution in [3.05, 3.63) is 70.7 Å². The van der Waals surface area contributed by atoms with E-state index in [4.69, 9.17) is 11.6 Å². The zero-order valence-electron chi connectivity index (χ0n) is 12.0. The van der Waals surface area contributed by atoms with Gasteiger partial charge in [-0.15, -0.1) is 0 Å². The molecule has 0 spiro atoms. The molecular formula is C18H20ClNO. The molecule has 1 N–H and O–H groups in total. The second kappa shape index (κ2) is 6.18. The Hall–Kier alpha value is -1.35. The smallest absolute Gasteiger partial charge is 0.102 e. The van der Waals surface area contributed by atoms with Crippen LogP contribution in [0.1, 0.15) is 24.0 Å². The van der Waals surface area contributed by atoms with Gasteiger partial charge in [-0.05, 0) is 42.6 Å². The maximum Gasteiger partial charge on any atom is 0.102 e. The molecule has 1 heterocycles. The quantitative estimate of drug-likeness (QED) is 0.931. The third-order valence-electron chi connectivity index (χ3n) is 4.18. The molecule has 1 saturated heterocycles. The van der Waals surface area contributed by atoms with Gasteiger partial charge in [-0.3, -0.25) is 4.90 Å². The maximum atomic E-state index is 11.0. The topological polar surface area (TPSA) is 23.5 Å². The number of β-amino-alcohol motifs (C(OH)–C–C–N with tert-alkyl or cyclic N) is 1. The zero-order valence-corrected chi connectivity index (χ0v) is 12.8. The van der Waals surface area contributed by atoms with Crippen molar-refractivity contribution in [2.45, 2.75) is 25.0 Å². The highest BCUT2D eigenvalue weighted by atomic mass is 35.5. The summed E-state index contributed by atoms with van der Waals surface area (Å²) in [4.78, 5) is 2.33. The lowest BCUT2D eigenvalue weighted by atomic mass is 9.85. The molecule has 3 rings (SSSR count). The van der Waals surface area contributed by atoms with Crippen LogP contribution in [0.25, 0.3) is 0 Å². The lowest BCUT2D eigenvalue weighted by Gasteiger charge is -2.39. The van der Waals surface area contributed by atoms with Gasteiger partial charge in [0.05, 0.1) is 0 Å². The van der Waals surface area contributed by atoms with Crippen LogP contribution < -0.4 is 0 Å². The molecule has 2 nitrogen and oxygen atoms in total. The van der Waals surface area contributed by atoms with Crippen LogP contribution in [0.5, 0.6) is 0 Å². The highest BCUT2D eigenvalue weighted by Crippen LogP contribution is 2.32. The lowest BCUT2D eigenvalue weighted by molar-refractivity contribution is -0.0381. The minimum absolute atomic E-state index is 0.670. The molecule has 0 bridgehead atoms. The fraction of sp³-hybridized carbons (Fsp3) is 0.333. The lowest BCUT2D eigenvalue weighted by Crippen LogP contribution is -2.45. The van der Waals surface area contributed by atoms with Crippen LogP contribution >= 0.6 is 11.6 Å². The Kier molecular flexibility index (Phi) is 4.29. The van der Waals surface area contributed by atoms with E-state index in [0.717, 1.165) is 31.5 Å². The molecule has 1 fully saturated rings. The van der Waals surface area contributed by atoms with Crippen molar-refractivity contribution in [1.29, 1.82) is 0 Å². The SMILES string of the molecule is OC1(c2ccc(Cl)cc2)CCCN(Cc2ccccc2)C1. The third kappa shape index (κ3) is 3.46. The van der Waals surface area contributed by atoms with Crippen LogP contribution in [0.15, 0.2) is 54.6 Å². The summed E-state index contributed by atoms with van der Waals surface area (Å²) < 4.78 is 0. The molecule has 0 radical (unpaired) electrons. The van der Waals surface area contributed by atoms with Crippen molar-refractivity contribution in [2.24, 2.45) is 0 Å². The van der Waals surface area contributed by atoms with E-state index in [9.17, 15) is 5.11 Å². The number of nitrogens with zero attached hydrogens (tertiary/aromatic N) is 1. The Labute approximate surface area is 131 Å². The number of hydrogen-bond acceptors (Lipinski definition) is 2. The molecule has 0 amide bonds.